The molecule has 1 amide bonds. The van der Waals surface area contributed by atoms with Gasteiger partial charge in [-0.1, -0.05) is 31.2 Å². The average Bonchev–Trinajstić information content (AvgIpc) is 2.63. The number of carbonyl (C=O) groups excluding carboxylic acids is 1. The zero-order valence-corrected chi connectivity index (χ0v) is 14.3. The molecular formula is C19H19FN4O2. The van der Waals surface area contributed by atoms with Crippen LogP contribution in [0.3, 0.4) is 0 Å². The number of hydrogen-bond acceptors (Lipinski definition) is 4. The minimum absolute atomic E-state index is 0.0569. The summed E-state index contributed by atoms with van der Waals surface area (Å²) in [6.45, 7) is 2.83. The van der Waals surface area contributed by atoms with E-state index in [0.717, 1.165) is 0 Å². The average molecular weight is 354 g/mol. The second-order valence-electron chi connectivity index (χ2n) is 5.86. The SMILES string of the molecule is CCN(CC(=O)Nc1ccccc1F)Cc1nc2ccccc2c(=O)[nH]1. The second-order valence-corrected chi connectivity index (χ2v) is 5.86. The van der Waals surface area contributed by atoms with Gasteiger partial charge in [-0.2, -0.15) is 0 Å². The molecule has 0 aliphatic heterocycles. The fourth-order valence-corrected chi connectivity index (χ4v) is 2.66. The van der Waals surface area contributed by atoms with Crippen LogP contribution in [0, 0.1) is 5.82 Å². The molecule has 2 aromatic carbocycles. The van der Waals surface area contributed by atoms with Gasteiger partial charge in [-0.05, 0) is 30.8 Å². The van der Waals surface area contributed by atoms with Crippen molar-refractivity contribution in [1.82, 2.24) is 14.9 Å². The number of carbonyl (C=O) groups is 1. The van der Waals surface area contributed by atoms with E-state index in [1.807, 2.05) is 17.9 Å². The normalized spacial score (nSPS) is 11.0. The molecule has 0 fully saturated rings. The number of fused-ring (bicyclic) bond motifs is 1. The van der Waals surface area contributed by atoms with Crippen LogP contribution in [0.1, 0.15) is 12.7 Å². The summed E-state index contributed by atoms with van der Waals surface area (Å²) in [5.41, 5.74) is 0.543. The third-order valence-electron chi connectivity index (χ3n) is 4.00. The van der Waals surface area contributed by atoms with Crippen molar-refractivity contribution in [3.05, 3.63) is 70.5 Å². The first-order chi connectivity index (χ1) is 12.6. The number of anilines is 1. The molecule has 0 radical (unpaired) electrons. The molecule has 0 saturated carbocycles. The number of nitrogens with one attached hydrogen (secondary N) is 2. The van der Waals surface area contributed by atoms with Crippen LogP contribution in [-0.2, 0) is 11.3 Å². The highest BCUT2D eigenvalue weighted by Gasteiger charge is 2.13. The van der Waals surface area contributed by atoms with Crippen LogP contribution >= 0.6 is 0 Å². The van der Waals surface area contributed by atoms with E-state index in [9.17, 15) is 14.0 Å². The van der Waals surface area contributed by atoms with Gasteiger partial charge in [-0.15, -0.1) is 0 Å². The van der Waals surface area contributed by atoms with Crippen LogP contribution < -0.4 is 10.9 Å². The van der Waals surface area contributed by atoms with Crippen molar-refractivity contribution >= 4 is 22.5 Å². The number of para-hydroxylation sites is 2. The monoisotopic (exact) mass is 354 g/mol. The van der Waals surface area contributed by atoms with Crippen molar-refractivity contribution in [3.63, 3.8) is 0 Å². The summed E-state index contributed by atoms with van der Waals surface area (Å²) in [6, 6.07) is 13.1. The maximum absolute atomic E-state index is 13.6. The number of amides is 1. The lowest BCUT2D eigenvalue weighted by Crippen LogP contribution is -2.34. The highest BCUT2D eigenvalue weighted by molar-refractivity contribution is 5.92. The van der Waals surface area contributed by atoms with E-state index < -0.39 is 5.82 Å². The summed E-state index contributed by atoms with van der Waals surface area (Å²) in [6.07, 6.45) is 0. The number of H-pyrrole nitrogens is 1. The van der Waals surface area contributed by atoms with Crippen LogP contribution in [0.15, 0.2) is 53.3 Å². The van der Waals surface area contributed by atoms with Crippen LogP contribution in [0.2, 0.25) is 0 Å². The number of aromatic amines is 1. The molecule has 0 aliphatic carbocycles. The third kappa shape index (κ3) is 4.12. The Labute approximate surface area is 149 Å². The Bertz CT molecular complexity index is 986. The number of likely N-dealkylation sites (N-methyl/N-ethyl adjacent to an activating group) is 1. The molecule has 26 heavy (non-hydrogen) atoms. The predicted octanol–water partition coefficient (Wildman–Crippen LogP) is 2.52. The summed E-state index contributed by atoms with van der Waals surface area (Å²) in [7, 11) is 0. The summed E-state index contributed by atoms with van der Waals surface area (Å²) >= 11 is 0. The van der Waals surface area contributed by atoms with Gasteiger partial charge in [-0.3, -0.25) is 14.5 Å². The standard InChI is InChI=1S/C19H19FN4O2/c1-2-24(12-18(25)22-16-10-6-4-8-14(16)20)11-17-21-15-9-5-3-7-13(15)19(26)23-17/h3-10H,2,11-12H2,1H3,(H,22,25)(H,21,23,26). The molecule has 0 saturated heterocycles. The lowest BCUT2D eigenvalue weighted by Gasteiger charge is -2.19. The van der Waals surface area contributed by atoms with Gasteiger partial charge in [0.1, 0.15) is 11.6 Å². The topological polar surface area (TPSA) is 78.1 Å². The fraction of sp³-hybridized carbons (Fsp3) is 0.211. The highest BCUT2D eigenvalue weighted by Crippen LogP contribution is 2.12. The minimum Gasteiger partial charge on any atom is -0.322 e. The molecule has 134 valence electrons. The van der Waals surface area contributed by atoms with E-state index >= 15 is 0 Å². The predicted molar refractivity (Wildman–Crippen MR) is 98.3 cm³/mol. The van der Waals surface area contributed by atoms with Crippen molar-refractivity contribution in [3.8, 4) is 0 Å². The van der Waals surface area contributed by atoms with Gasteiger partial charge in [0.2, 0.25) is 5.91 Å². The Morgan fingerprint density at radius 1 is 1.19 bits per heavy atom. The molecule has 3 rings (SSSR count). The van der Waals surface area contributed by atoms with Crippen LogP contribution in [0.4, 0.5) is 10.1 Å². The zero-order chi connectivity index (χ0) is 18.5. The van der Waals surface area contributed by atoms with Gasteiger partial charge in [0.15, 0.2) is 0 Å². The van der Waals surface area contributed by atoms with Gasteiger partial charge >= 0.3 is 0 Å². The first-order valence-corrected chi connectivity index (χ1v) is 8.31. The minimum atomic E-state index is -0.482. The lowest BCUT2D eigenvalue weighted by molar-refractivity contribution is -0.117. The number of nitrogens with zero attached hydrogens (tertiary/aromatic N) is 2. The van der Waals surface area contributed by atoms with Crippen molar-refractivity contribution in [2.24, 2.45) is 0 Å². The molecule has 0 bridgehead atoms. The van der Waals surface area contributed by atoms with Crippen molar-refractivity contribution in [2.45, 2.75) is 13.5 Å². The summed E-state index contributed by atoms with van der Waals surface area (Å²) in [4.78, 5) is 33.3. The molecule has 0 spiro atoms. The molecule has 1 heterocycles. The van der Waals surface area contributed by atoms with Crippen LogP contribution in [-0.4, -0.2) is 33.9 Å². The molecule has 1 aromatic heterocycles. The zero-order valence-electron chi connectivity index (χ0n) is 14.3. The van der Waals surface area contributed by atoms with E-state index in [-0.39, 0.29) is 23.7 Å². The number of halogens is 1. The Morgan fingerprint density at radius 3 is 2.69 bits per heavy atom. The van der Waals surface area contributed by atoms with Crippen molar-refractivity contribution < 1.29 is 9.18 Å². The van der Waals surface area contributed by atoms with E-state index in [1.165, 1.54) is 12.1 Å². The maximum atomic E-state index is 13.6. The Hall–Kier alpha value is -3.06. The van der Waals surface area contributed by atoms with Crippen molar-refractivity contribution in [1.29, 1.82) is 0 Å². The number of rotatable bonds is 6. The summed E-state index contributed by atoms with van der Waals surface area (Å²) in [5.74, 6) is -0.334. The maximum Gasteiger partial charge on any atom is 0.258 e. The molecule has 6 nitrogen and oxygen atoms in total. The molecule has 0 aliphatic rings. The van der Waals surface area contributed by atoms with Gasteiger partial charge in [0.25, 0.3) is 5.56 Å². The lowest BCUT2D eigenvalue weighted by atomic mass is 10.2. The largest absolute Gasteiger partial charge is 0.322 e. The van der Waals surface area contributed by atoms with E-state index in [4.69, 9.17) is 0 Å². The highest BCUT2D eigenvalue weighted by atomic mass is 19.1. The molecule has 0 unspecified atom stereocenters. The quantitative estimate of drug-likeness (QED) is 0.713. The summed E-state index contributed by atoms with van der Waals surface area (Å²) in [5, 5.41) is 3.08. The van der Waals surface area contributed by atoms with Crippen LogP contribution in [0.5, 0.6) is 0 Å². The van der Waals surface area contributed by atoms with Gasteiger partial charge in [0, 0.05) is 0 Å². The molecule has 2 N–H and O–H groups in total. The van der Waals surface area contributed by atoms with Crippen molar-refractivity contribution in [2.75, 3.05) is 18.4 Å². The van der Waals surface area contributed by atoms with Crippen LogP contribution in [0.25, 0.3) is 10.9 Å². The Balaban J connectivity index is 1.70. The number of aromatic nitrogens is 2. The van der Waals surface area contributed by atoms with E-state index in [1.54, 1.807) is 30.3 Å². The van der Waals surface area contributed by atoms with E-state index in [0.29, 0.717) is 29.8 Å². The van der Waals surface area contributed by atoms with E-state index in [2.05, 4.69) is 15.3 Å². The third-order valence-corrected chi connectivity index (χ3v) is 4.00. The number of benzene rings is 2. The van der Waals surface area contributed by atoms with Gasteiger partial charge < -0.3 is 10.3 Å². The molecular weight excluding hydrogens is 335 g/mol. The Kier molecular flexibility index (Phi) is 5.38. The van der Waals surface area contributed by atoms with Gasteiger partial charge in [-0.25, -0.2) is 9.37 Å². The first-order valence-electron chi connectivity index (χ1n) is 8.31. The molecule has 7 heteroatoms. The summed E-state index contributed by atoms with van der Waals surface area (Å²) < 4.78 is 13.6. The second kappa shape index (κ2) is 7.88. The smallest absolute Gasteiger partial charge is 0.258 e. The first kappa shape index (κ1) is 17.8. The fourth-order valence-electron chi connectivity index (χ4n) is 2.66. The Morgan fingerprint density at radius 2 is 1.92 bits per heavy atom. The molecule has 3 aromatic rings. The van der Waals surface area contributed by atoms with Gasteiger partial charge in [0.05, 0.1) is 29.7 Å². The number of hydrogen-bond donors (Lipinski definition) is 2. The molecule has 0 atom stereocenters.